The molecule has 88 valence electrons. The summed E-state index contributed by atoms with van der Waals surface area (Å²) in [6.07, 6.45) is 1.01. The highest BCUT2D eigenvalue weighted by atomic mass is 35.5. The van der Waals surface area contributed by atoms with Gasteiger partial charge in [-0.05, 0) is 20.3 Å². The average molecular weight is 242 g/mol. The zero-order valence-corrected chi connectivity index (χ0v) is 10.4. The van der Waals surface area contributed by atoms with E-state index < -0.39 is 0 Å². The van der Waals surface area contributed by atoms with E-state index in [4.69, 9.17) is 16.3 Å². The summed E-state index contributed by atoms with van der Waals surface area (Å²) >= 11 is 6.08. The molecule has 1 saturated heterocycles. The van der Waals surface area contributed by atoms with Crippen molar-refractivity contribution >= 4 is 17.4 Å². The van der Waals surface area contributed by atoms with Crippen LogP contribution in [-0.4, -0.2) is 35.0 Å². The van der Waals surface area contributed by atoms with Gasteiger partial charge in [0.2, 0.25) is 5.88 Å². The van der Waals surface area contributed by atoms with Gasteiger partial charge in [0.15, 0.2) is 0 Å². The van der Waals surface area contributed by atoms with Crippen LogP contribution in [0, 0.1) is 6.92 Å². The topological polar surface area (TPSA) is 38.2 Å². The highest BCUT2D eigenvalue weighted by Crippen LogP contribution is 2.23. The van der Waals surface area contributed by atoms with E-state index in [0.29, 0.717) is 12.5 Å². The number of nitrogens with zero attached hydrogens (tertiary/aromatic N) is 3. The standard InChI is InChI=1S/C11H16ClN3O/c1-3-16-11-6-10(13-8(2)14-11)15-5-4-9(12)7-15/h6,9H,3-5,7H2,1-2H3. The van der Waals surface area contributed by atoms with Crippen LogP contribution in [0.3, 0.4) is 0 Å². The maximum atomic E-state index is 6.08. The van der Waals surface area contributed by atoms with E-state index in [0.717, 1.165) is 31.2 Å². The minimum absolute atomic E-state index is 0.228. The molecule has 0 aliphatic carbocycles. The molecule has 0 radical (unpaired) electrons. The lowest BCUT2D eigenvalue weighted by Gasteiger charge is -2.17. The highest BCUT2D eigenvalue weighted by Gasteiger charge is 2.22. The van der Waals surface area contributed by atoms with Gasteiger partial charge in [-0.15, -0.1) is 11.6 Å². The molecule has 1 fully saturated rings. The van der Waals surface area contributed by atoms with E-state index in [2.05, 4.69) is 14.9 Å². The molecule has 0 N–H and O–H groups in total. The van der Waals surface area contributed by atoms with E-state index in [9.17, 15) is 0 Å². The smallest absolute Gasteiger partial charge is 0.218 e. The molecule has 4 nitrogen and oxygen atoms in total. The zero-order chi connectivity index (χ0) is 11.5. The van der Waals surface area contributed by atoms with Crippen LogP contribution in [0.1, 0.15) is 19.2 Å². The first kappa shape index (κ1) is 11.5. The van der Waals surface area contributed by atoms with Crippen molar-refractivity contribution in [1.29, 1.82) is 0 Å². The van der Waals surface area contributed by atoms with Crippen LogP contribution >= 0.6 is 11.6 Å². The van der Waals surface area contributed by atoms with E-state index in [1.807, 2.05) is 19.9 Å². The van der Waals surface area contributed by atoms with Crippen molar-refractivity contribution in [2.45, 2.75) is 25.6 Å². The number of alkyl halides is 1. The Morgan fingerprint density at radius 3 is 3.00 bits per heavy atom. The number of ether oxygens (including phenoxy) is 1. The normalized spacial score (nSPS) is 20.2. The van der Waals surface area contributed by atoms with Gasteiger partial charge in [0.25, 0.3) is 0 Å². The number of halogens is 1. The van der Waals surface area contributed by atoms with Crippen molar-refractivity contribution in [2.24, 2.45) is 0 Å². The minimum Gasteiger partial charge on any atom is -0.478 e. The fraction of sp³-hybridized carbons (Fsp3) is 0.636. The molecule has 5 heteroatoms. The molecule has 1 aromatic rings. The Bertz CT molecular complexity index is 372. The fourth-order valence-corrected chi connectivity index (χ4v) is 2.10. The fourth-order valence-electron chi connectivity index (χ4n) is 1.83. The second-order valence-corrected chi connectivity index (χ2v) is 4.49. The summed E-state index contributed by atoms with van der Waals surface area (Å²) in [7, 11) is 0. The van der Waals surface area contributed by atoms with E-state index in [1.165, 1.54) is 0 Å². The van der Waals surface area contributed by atoms with Crippen molar-refractivity contribution in [3.63, 3.8) is 0 Å². The van der Waals surface area contributed by atoms with Gasteiger partial charge in [-0.1, -0.05) is 0 Å². The number of rotatable bonds is 3. The van der Waals surface area contributed by atoms with Crippen molar-refractivity contribution in [3.8, 4) is 5.88 Å². The Morgan fingerprint density at radius 1 is 1.56 bits per heavy atom. The molecule has 1 aliphatic rings. The molecular weight excluding hydrogens is 226 g/mol. The van der Waals surface area contributed by atoms with E-state index in [1.54, 1.807) is 0 Å². The lowest BCUT2D eigenvalue weighted by atomic mass is 10.4. The van der Waals surface area contributed by atoms with E-state index in [-0.39, 0.29) is 5.38 Å². The number of hydrogen-bond acceptors (Lipinski definition) is 4. The van der Waals surface area contributed by atoms with Gasteiger partial charge in [-0.2, -0.15) is 4.98 Å². The number of aryl methyl sites for hydroxylation is 1. The van der Waals surface area contributed by atoms with Crippen LogP contribution in [0.25, 0.3) is 0 Å². The quantitative estimate of drug-likeness (QED) is 0.759. The molecule has 2 rings (SSSR count). The Morgan fingerprint density at radius 2 is 2.38 bits per heavy atom. The maximum absolute atomic E-state index is 6.08. The minimum atomic E-state index is 0.228. The van der Waals surface area contributed by atoms with Crippen LogP contribution in [0.2, 0.25) is 0 Å². The highest BCUT2D eigenvalue weighted by molar-refractivity contribution is 6.21. The lowest BCUT2D eigenvalue weighted by Crippen LogP contribution is -2.21. The van der Waals surface area contributed by atoms with E-state index >= 15 is 0 Å². The SMILES string of the molecule is CCOc1cc(N2CCC(Cl)C2)nc(C)n1. The molecule has 16 heavy (non-hydrogen) atoms. The van der Waals surface area contributed by atoms with Crippen LogP contribution < -0.4 is 9.64 Å². The number of hydrogen-bond donors (Lipinski definition) is 0. The third-order valence-electron chi connectivity index (χ3n) is 2.55. The molecule has 0 saturated carbocycles. The van der Waals surface area contributed by atoms with Gasteiger partial charge >= 0.3 is 0 Å². The van der Waals surface area contributed by atoms with Crippen LogP contribution in [-0.2, 0) is 0 Å². The first-order chi connectivity index (χ1) is 7.69. The van der Waals surface area contributed by atoms with Crippen LogP contribution in [0.15, 0.2) is 6.07 Å². The molecule has 1 aromatic heterocycles. The van der Waals surface area contributed by atoms with Crippen molar-refractivity contribution in [2.75, 3.05) is 24.6 Å². The third kappa shape index (κ3) is 2.55. The molecule has 1 atom stereocenters. The molecule has 0 bridgehead atoms. The first-order valence-corrected chi connectivity index (χ1v) is 6.00. The summed E-state index contributed by atoms with van der Waals surface area (Å²) in [6, 6.07) is 1.88. The molecule has 1 unspecified atom stereocenters. The summed E-state index contributed by atoms with van der Waals surface area (Å²) in [6.45, 7) is 6.25. The predicted molar refractivity (Wildman–Crippen MR) is 64.4 cm³/mol. The largest absolute Gasteiger partial charge is 0.478 e. The van der Waals surface area contributed by atoms with Gasteiger partial charge in [0.05, 0.1) is 12.0 Å². The molecule has 0 spiro atoms. The summed E-state index contributed by atoms with van der Waals surface area (Å²) in [4.78, 5) is 10.8. The van der Waals surface area contributed by atoms with Gasteiger partial charge < -0.3 is 9.64 Å². The Labute approximate surface area is 101 Å². The number of anilines is 1. The molecule has 2 heterocycles. The Hall–Kier alpha value is -1.03. The first-order valence-electron chi connectivity index (χ1n) is 5.56. The Balaban J connectivity index is 2.20. The van der Waals surface area contributed by atoms with Crippen LogP contribution in [0.4, 0.5) is 5.82 Å². The maximum Gasteiger partial charge on any atom is 0.218 e. The van der Waals surface area contributed by atoms with Crippen LogP contribution in [0.5, 0.6) is 5.88 Å². The van der Waals surface area contributed by atoms with Gasteiger partial charge in [-0.3, -0.25) is 0 Å². The summed E-state index contributed by atoms with van der Waals surface area (Å²) < 4.78 is 5.40. The predicted octanol–water partition coefficient (Wildman–Crippen LogP) is 2.00. The van der Waals surface area contributed by atoms with Gasteiger partial charge in [0, 0.05) is 19.2 Å². The third-order valence-corrected chi connectivity index (χ3v) is 2.90. The molecule has 0 aromatic carbocycles. The van der Waals surface area contributed by atoms with Crippen molar-refractivity contribution < 1.29 is 4.74 Å². The Kier molecular flexibility index (Phi) is 3.49. The molecule has 1 aliphatic heterocycles. The second kappa shape index (κ2) is 4.87. The second-order valence-electron chi connectivity index (χ2n) is 3.88. The summed E-state index contributed by atoms with van der Waals surface area (Å²) in [5.74, 6) is 2.29. The van der Waals surface area contributed by atoms with Crippen molar-refractivity contribution in [3.05, 3.63) is 11.9 Å². The van der Waals surface area contributed by atoms with Gasteiger partial charge in [-0.25, -0.2) is 4.98 Å². The average Bonchev–Trinajstić information content (AvgIpc) is 2.64. The lowest BCUT2D eigenvalue weighted by molar-refractivity contribution is 0.325. The van der Waals surface area contributed by atoms with Gasteiger partial charge in [0.1, 0.15) is 11.6 Å². The summed E-state index contributed by atoms with van der Waals surface area (Å²) in [5, 5.41) is 0.228. The summed E-state index contributed by atoms with van der Waals surface area (Å²) in [5.41, 5.74) is 0. The zero-order valence-electron chi connectivity index (χ0n) is 9.61. The molecule has 0 amide bonds. The number of aromatic nitrogens is 2. The monoisotopic (exact) mass is 241 g/mol. The molecular formula is C11H16ClN3O. The van der Waals surface area contributed by atoms with Crippen molar-refractivity contribution in [1.82, 2.24) is 9.97 Å².